The zero-order valence-corrected chi connectivity index (χ0v) is 19.5. The Labute approximate surface area is 201 Å². The number of likely N-dealkylation sites (tertiary alicyclic amines) is 1. The van der Waals surface area contributed by atoms with Gasteiger partial charge >= 0.3 is 0 Å². The normalized spacial score (nSPS) is 16.1. The van der Waals surface area contributed by atoms with Gasteiger partial charge in [0.15, 0.2) is 11.6 Å². The van der Waals surface area contributed by atoms with Crippen LogP contribution in [0.1, 0.15) is 37.0 Å². The van der Waals surface area contributed by atoms with E-state index in [0.717, 1.165) is 30.5 Å². The van der Waals surface area contributed by atoms with Gasteiger partial charge < -0.3 is 9.47 Å². The van der Waals surface area contributed by atoms with Crippen molar-refractivity contribution in [2.75, 3.05) is 11.9 Å². The van der Waals surface area contributed by atoms with E-state index in [4.69, 9.17) is 0 Å². The number of halogens is 2. The van der Waals surface area contributed by atoms with Gasteiger partial charge in [0.2, 0.25) is 5.95 Å². The van der Waals surface area contributed by atoms with Crippen LogP contribution in [-0.2, 0) is 11.3 Å². The van der Waals surface area contributed by atoms with Gasteiger partial charge in [0.1, 0.15) is 11.6 Å². The van der Waals surface area contributed by atoms with Crippen molar-refractivity contribution in [3.63, 3.8) is 0 Å². The third-order valence-corrected chi connectivity index (χ3v) is 5.94. The van der Waals surface area contributed by atoms with Crippen molar-refractivity contribution in [1.29, 1.82) is 5.26 Å². The molecule has 1 N–H and O–H groups in total. The van der Waals surface area contributed by atoms with Gasteiger partial charge in [0, 0.05) is 18.7 Å². The van der Waals surface area contributed by atoms with E-state index in [-0.39, 0.29) is 35.0 Å². The number of allylic oxidation sites excluding steroid dienone is 1. The van der Waals surface area contributed by atoms with Crippen LogP contribution < -0.4 is 5.32 Å². The van der Waals surface area contributed by atoms with Crippen molar-refractivity contribution in [2.24, 2.45) is 5.92 Å². The molecule has 180 valence electrons. The van der Waals surface area contributed by atoms with Crippen molar-refractivity contribution in [1.82, 2.24) is 14.5 Å². The molecule has 1 aliphatic heterocycles. The highest BCUT2D eigenvalue weighted by atomic mass is 19.2. The van der Waals surface area contributed by atoms with E-state index in [2.05, 4.69) is 10.3 Å². The lowest BCUT2D eigenvalue weighted by molar-refractivity contribution is -0.127. The Morgan fingerprint density at radius 3 is 2.71 bits per heavy atom. The van der Waals surface area contributed by atoms with Crippen LogP contribution in [0, 0.1) is 28.9 Å². The third-order valence-electron chi connectivity index (χ3n) is 5.94. The number of hydrogen-bond donors (Lipinski definition) is 1. The summed E-state index contributed by atoms with van der Waals surface area (Å²) in [6, 6.07) is 12.1. The van der Waals surface area contributed by atoms with Crippen molar-refractivity contribution < 1.29 is 18.4 Å². The Kier molecular flexibility index (Phi) is 6.92. The predicted molar refractivity (Wildman–Crippen MR) is 127 cm³/mol. The molecule has 1 fully saturated rings. The van der Waals surface area contributed by atoms with E-state index in [1.807, 2.05) is 42.7 Å². The van der Waals surface area contributed by atoms with Crippen LogP contribution in [0.5, 0.6) is 0 Å². The molecule has 1 saturated heterocycles. The number of hydrogen-bond acceptors (Lipinski definition) is 4. The molecule has 4 rings (SSSR count). The van der Waals surface area contributed by atoms with Crippen molar-refractivity contribution in [3.8, 4) is 6.07 Å². The first-order valence-electron chi connectivity index (χ1n) is 11.4. The van der Waals surface area contributed by atoms with E-state index >= 15 is 0 Å². The molecule has 0 radical (unpaired) electrons. The smallest absolute Gasteiger partial charge is 0.264 e. The number of anilines is 1. The summed E-state index contributed by atoms with van der Waals surface area (Å²) in [5.74, 6) is -2.80. The topological polar surface area (TPSA) is 91.0 Å². The molecule has 2 heterocycles. The fourth-order valence-corrected chi connectivity index (χ4v) is 4.31. The minimum Gasteiger partial charge on any atom is -0.333 e. The molecule has 9 heteroatoms. The predicted octanol–water partition coefficient (Wildman–Crippen LogP) is 4.66. The Bertz CT molecular complexity index is 1360. The number of carbonyl (C=O) groups excluding carboxylic acids is 2. The van der Waals surface area contributed by atoms with Gasteiger partial charge in [-0.3, -0.25) is 14.9 Å². The third kappa shape index (κ3) is 5.06. The molecule has 0 saturated carbocycles. The molecule has 7 nitrogen and oxygen atoms in total. The maximum atomic E-state index is 13.6. The van der Waals surface area contributed by atoms with Crippen LogP contribution in [0.3, 0.4) is 0 Å². The molecule has 2 amide bonds. The first kappa shape index (κ1) is 24.1. The summed E-state index contributed by atoms with van der Waals surface area (Å²) in [4.78, 5) is 32.1. The zero-order chi connectivity index (χ0) is 25.1. The summed E-state index contributed by atoms with van der Waals surface area (Å²) in [6.45, 7) is 4.70. The molecule has 1 unspecified atom stereocenters. The summed E-state index contributed by atoms with van der Waals surface area (Å²) in [7, 11) is 0. The molecular formula is C26H25F2N5O2. The minimum absolute atomic E-state index is 0.0438. The number of nitrogens with zero attached hydrogens (tertiary/aromatic N) is 4. The van der Waals surface area contributed by atoms with Gasteiger partial charge in [-0.2, -0.15) is 5.26 Å². The minimum atomic E-state index is -1.12. The van der Waals surface area contributed by atoms with Crippen LogP contribution in [0.2, 0.25) is 0 Å². The number of para-hydroxylation sites is 2. The highest BCUT2D eigenvalue weighted by molar-refractivity contribution is 6.04. The van der Waals surface area contributed by atoms with Crippen LogP contribution in [-0.4, -0.2) is 38.9 Å². The average Bonchev–Trinajstić information content (AvgIpc) is 3.43. The van der Waals surface area contributed by atoms with E-state index in [0.29, 0.717) is 18.6 Å². The van der Waals surface area contributed by atoms with E-state index in [1.54, 1.807) is 17.0 Å². The average molecular weight is 478 g/mol. The second-order valence-electron chi connectivity index (χ2n) is 8.85. The first-order valence-corrected chi connectivity index (χ1v) is 11.4. The molecule has 0 aliphatic carbocycles. The summed E-state index contributed by atoms with van der Waals surface area (Å²) in [5.41, 5.74) is 1.47. The SMILES string of the molecule is CC(C)C=C(C#N)C(=O)N1CCCC1Cn1c(NC(=O)c2ccc(F)c(F)c2)nc2ccccc21. The number of rotatable bonds is 6. The quantitative estimate of drug-likeness (QED) is 0.413. The van der Waals surface area contributed by atoms with E-state index < -0.39 is 17.5 Å². The molecule has 3 aromatic rings. The second-order valence-corrected chi connectivity index (χ2v) is 8.85. The molecule has 35 heavy (non-hydrogen) atoms. The molecule has 1 aliphatic rings. The van der Waals surface area contributed by atoms with Crippen molar-refractivity contribution >= 4 is 28.8 Å². The number of benzene rings is 2. The summed E-state index contributed by atoms with van der Waals surface area (Å²) in [6.07, 6.45) is 3.19. The maximum absolute atomic E-state index is 13.6. The molecule has 2 aromatic carbocycles. The number of amides is 2. The lowest BCUT2D eigenvalue weighted by Crippen LogP contribution is -2.39. The van der Waals surface area contributed by atoms with Crippen molar-refractivity contribution in [3.05, 3.63) is 71.3 Å². The number of imidazole rings is 1. The first-order chi connectivity index (χ1) is 16.8. The summed E-state index contributed by atoms with van der Waals surface area (Å²) >= 11 is 0. The number of nitrogens with one attached hydrogen (secondary N) is 1. The Hall–Kier alpha value is -4.06. The lowest BCUT2D eigenvalue weighted by Gasteiger charge is -2.26. The second kappa shape index (κ2) is 10.1. The number of fused-ring (bicyclic) bond motifs is 1. The molecular weight excluding hydrogens is 452 g/mol. The van der Waals surface area contributed by atoms with E-state index in [1.165, 1.54) is 6.07 Å². The standard InChI is InChI=1S/C26H25F2N5O2/c1-16(2)12-18(14-29)25(35)32-11-5-6-19(32)15-33-23-8-4-3-7-22(23)30-26(33)31-24(34)17-9-10-20(27)21(28)13-17/h3-4,7-10,12-13,16,19H,5-6,11,15H2,1-2H3,(H,30,31,34). The Balaban J connectivity index is 1.64. The van der Waals surface area contributed by atoms with Crippen molar-refractivity contribution in [2.45, 2.75) is 39.3 Å². The van der Waals surface area contributed by atoms with Gasteiger partial charge in [-0.15, -0.1) is 0 Å². The molecule has 1 atom stereocenters. The monoisotopic (exact) mass is 477 g/mol. The fourth-order valence-electron chi connectivity index (χ4n) is 4.31. The van der Waals surface area contributed by atoms with Crippen LogP contribution >= 0.6 is 0 Å². The summed E-state index contributed by atoms with van der Waals surface area (Å²) in [5, 5.41) is 12.2. The molecule has 0 spiro atoms. The highest BCUT2D eigenvalue weighted by Gasteiger charge is 2.32. The van der Waals surface area contributed by atoms with Gasteiger partial charge in [0.25, 0.3) is 11.8 Å². The van der Waals surface area contributed by atoms with Gasteiger partial charge in [-0.1, -0.05) is 32.1 Å². The van der Waals surface area contributed by atoms with Crippen LogP contribution in [0.15, 0.2) is 54.1 Å². The Morgan fingerprint density at radius 2 is 2.00 bits per heavy atom. The number of carbonyl (C=O) groups is 2. The molecule has 1 aromatic heterocycles. The maximum Gasteiger partial charge on any atom is 0.264 e. The van der Waals surface area contributed by atoms with Gasteiger partial charge in [-0.05, 0) is 49.1 Å². The Morgan fingerprint density at radius 1 is 1.23 bits per heavy atom. The number of aromatic nitrogens is 2. The highest BCUT2D eigenvalue weighted by Crippen LogP contribution is 2.27. The van der Waals surface area contributed by atoms with Crippen LogP contribution in [0.4, 0.5) is 14.7 Å². The number of nitriles is 1. The van der Waals surface area contributed by atoms with E-state index in [9.17, 15) is 23.6 Å². The lowest BCUT2D eigenvalue weighted by atomic mass is 10.1. The van der Waals surface area contributed by atoms with Crippen LogP contribution in [0.25, 0.3) is 11.0 Å². The summed E-state index contributed by atoms with van der Waals surface area (Å²) < 4.78 is 28.7. The van der Waals surface area contributed by atoms with Gasteiger partial charge in [0.05, 0.1) is 17.1 Å². The molecule has 0 bridgehead atoms. The fraction of sp³-hybridized carbons (Fsp3) is 0.308. The zero-order valence-electron chi connectivity index (χ0n) is 19.5. The van der Waals surface area contributed by atoms with Gasteiger partial charge in [-0.25, -0.2) is 13.8 Å². The largest absolute Gasteiger partial charge is 0.333 e.